The Balaban J connectivity index is 1.66. The zero-order chi connectivity index (χ0) is 20.1. The van der Waals surface area contributed by atoms with Crippen molar-refractivity contribution >= 4 is 23.0 Å². The lowest BCUT2D eigenvalue weighted by Crippen LogP contribution is -2.46. The number of carbonyl (C=O) groups excluding carboxylic acids is 1. The van der Waals surface area contributed by atoms with Gasteiger partial charge in [0.15, 0.2) is 0 Å². The summed E-state index contributed by atoms with van der Waals surface area (Å²) in [4.78, 5) is 16.5. The van der Waals surface area contributed by atoms with Crippen molar-refractivity contribution in [3.05, 3.63) is 59.4 Å². The predicted molar refractivity (Wildman–Crippen MR) is 111 cm³/mol. The standard InChI is InChI=1S/C21H26FN5O/c1-3-26-10-12-27(13-11-26)20-9-6-17(14-19(20)22)15(2)24-25-21(28)16-4-7-18(23)8-5-16/h4-9,14H,3,10-13,23H2,1-2H3,(H,25,28)/b24-15-. The van der Waals surface area contributed by atoms with Crippen LogP contribution in [-0.2, 0) is 0 Å². The van der Waals surface area contributed by atoms with Crippen LogP contribution in [0.2, 0.25) is 0 Å². The first-order valence-electron chi connectivity index (χ1n) is 9.45. The van der Waals surface area contributed by atoms with E-state index in [0.29, 0.717) is 28.2 Å². The highest BCUT2D eigenvalue weighted by Crippen LogP contribution is 2.22. The maximum atomic E-state index is 14.7. The van der Waals surface area contributed by atoms with Crippen LogP contribution >= 0.6 is 0 Å². The van der Waals surface area contributed by atoms with Gasteiger partial charge in [-0.2, -0.15) is 5.10 Å². The molecule has 1 amide bonds. The van der Waals surface area contributed by atoms with Crippen LogP contribution in [0.25, 0.3) is 0 Å². The van der Waals surface area contributed by atoms with Crippen molar-refractivity contribution < 1.29 is 9.18 Å². The van der Waals surface area contributed by atoms with Gasteiger partial charge in [0.25, 0.3) is 5.91 Å². The molecule has 0 radical (unpaired) electrons. The van der Waals surface area contributed by atoms with Gasteiger partial charge < -0.3 is 15.5 Å². The second-order valence-corrected chi connectivity index (χ2v) is 6.85. The Bertz CT molecular complexity index is 858. The van der Waals surface area contributed by atoms with Crippen LogP contribution in [0.15, 0.2) is 47.6 Å². The molecule has 3 rings (SSSR count). The zero-order valence-electron chi connectivity index (χ0n) is 16.3. The number of nitrogens with zero attached hydrogens (tertiary/aromatic N) is 3. The molecule has 1 aliphatic heterocycles. The molecule has 1 heterocycles. The lowest BCUT2D eigenvalue weighted by atomic mass is 10.1. The van der Waals surface area contributed by atoms with Crippen LogP contribution < -0.4 is 16.1 Å². The SMILES string of the molecule is CCN1CCN(c2ccc(/C(C)=N\NC(=O)c3ccc(N)cc3)cc2F)CC1. The number of carbonyl (C=O) groups is 1. The molecule has 2 aromatic carbocycles. The monoisotopic (exact) mass is 383 g/mol. The topological polar surface area (TPSA) is 74.0 Å². The van der Waals surface area contributed by atoms with Gasteiger partial charge in [-0.15, -0.1) is 0 Å². The Morgan fingerprint density at radius 1 is 1.11 bits per heavy atom. The van der Waals surface area contributed by atoms with E-state index < -0.39 is 0 Å². The van der Waals surface area contributed by atoms with Gasteiger partial charge in [0.1, 0.15) is 5.82 Å². The summed E-state index contributed by atoms with van der Waals surface area (Å²) in [5, 5.41) is 4.10. The molecule has 28 heavy (non-hydrogen) atoms. The van der Waals surface area contributed by atoms with Crippen LogP contribution in [0, 0.1) is 5.82 Å². The first-order chi connectivity index (χ1) is 13.5. The summed E-state index contributed by atoms with van der Waals surface area (Å²) < 4.78 is 14.7. The van der Waals surface area contributed by atoms with E-state index in [1.54, 1.807) is 37.3 Å². The Morgan fingerprint density at radius 2 is 1.75 bits per heavy atom. The third-order valence-electron chi connectivity index (χ3n) is 5.02. The number of nitrogens with one attached hydrogen (secondary N) is 1. The number of hydrogen-bond donors (Lipinski definition) is 2. The molecule has 1 saturated heterocycles. The molecule has 6 nitrogen and oxygen atoms in total. The molecular weight excluding hydrogens is 357 g/mol. The molecule has 2 aromatic rings. The van der Waals surface area contributed by atoms with Crippen molar-refractivity contribution in [2.75, 3.05) is 43.4 Å². The van der Waals surface area contributed by atoms with Gasteiger partial charge in [-0.25, -0.2) is 9.82 Å². The minimum Gasteiger partial charge on any atom is -0.399 e. The average Bonchev–Trinajstić information content (AvgIpc) is 2.72. The highest BCUT2D eigenvalue weighted by atomic mass is 19.1. The summed E-state index contributed by atoms with van der Waals surface area (Å²) >= 11 is 0. The summed E-state index contributed by atoms with van der Waals surface area (Å²) in [5.74, 6) is -0.618. The second kappa shape index (κ2) is 8.84. The van der Waals surface area contributed by atoms with Crippen LogP contribution in [-0.4, -0.2) is 49.2 Å². The molecular formula is C21H26FN5O. The van der Waals surface area contributed by atoms with E-state index in [1.165, 1.54) is 6.07 Å². The van der Waals surface area contributed by atoms with Gasteiger partial charge in [0.2, 0.25) is 0 Å². The second-order valence-electron chi connectivity index (χ2n) is 6.85. The number of halogens is 1. The van der Waals surface area contributed by atoms with E-state index in [1.807, 2.05) is 6.07 Å². The van der Waals surface area contributed by atoms with E-state index in [2.05, 4.69) is 27.3 Å². The van der Waals surface area contributed by atoms with Crippen molar-refractivity contribution in [1.29, 1.82) is 0 Å². The number of benzene rings is 2. The minimum absolute atomic E-state index is 0.276. The molecule has 3 N–H and O–H groups in total. The van der Waals surface area contributed by atoms with Crippen LogP contribution in [0.4, 0.5) is 15.8 Å². The van der Waals surface area contributed by atoms with Crippen molar-refractivity contribution in [1.82, 2.24) is 10.3 Å². The lowest BCUT2D eigenvalue weighted by molar-refractivity contribution is 0.0955. The molecule has 0 atom stereocenters. The third-order valence-corrected chi connectivity index (χ3v) is 5.02. The summed E-state index contributed by atoms with van der Waals surface area (Å²) in [5.41, 5.74) is 10.9. The molecule has 1 fully saturated rings. The molecule has 148 valence electrons. The van der Waals surface area contributed by atoms with Crippen LogP contribution in [0.3, 0.4) is 0 Å². The molecule has 0 spiro atoms. The number of piperazine rings is 1. The fourth-order valence-corrected chi connectivity index (χ4v) is 3.19. The van der Waals surface area contributed by atoms with E-state index in [9.17, 15) is 9.18 Å². The van der Waals surface area contributed by atoms with Crippen molar-refractivity contribution in [3.8, 4) is 0 Å². The Morgan fingerprint density at radius 3 is 2.36 bits per heavy atom. The summed E-state index contributed by atoms with van der Waals surface area (Å²) in [6.45, 7) is 8.40. The quantitative estimate of drug-likeness (QED) is 0.473. The Kier molecular flexibility index (Phi) is 6.26. The van der Waals surface area contributed by atoms with E-state index in [4.69, 9.17) is 5.73 Å². The number of nitrogen functional groups attached to an aromatic ring is 1. The van der Waals surface area contributed by atoms with Crippen molar-refractivity contribution in [3.63, 3.8) is 0 Å². The molecule has 0 aromatic heterocycles. The predicted octanol–water partition coefficient (Wildman–Crippen LogP) is 2.70. The van der Waals surface area contributed by atoms with Crippen molar-refractivity contribution in [2.45, 2.75) is 13.8 Å². The molecule has 0 saturated carbocycles. The fraction of sp³-hybridized carbons (Fsp3) is 0.333. The van der Waals surface area contributed by atoms with E-state index >= 15 is 0 Å². The first-order valence-corrected chi connectivity index (χ1v) is 9.45. The Hall–Kier alpha value is -2.93. The summed E-state index contributed by atoms with van der Waals surface area (Å²) in [6, 6.07) is 11.6. The number of hydrazone groups is 1. The zero-order valence-corrected chi connectivity index (χ0v) is 16.3. The largest absolute Gasteiger partial charge is 0.399 e. The van der Waals surface area contributed by atoms with Gasteiger partial charge in [0, 0.05) is 43.0 Å². The van der Waals surface area contributed by atoms with Gasteiger partial charge in [-0.3, -0.25) is 4.79 Å². The minimum atomic E-state index is -0.342. The maximum Gasteiger partial charge on any atom is 0.271 e. The van der Waals surface area contributed by atoms with Gasteiger partial charge >= 0.3 is 0 Å². The normalized spacial score (nSPS) is 15.5. The first kappa shape index (κ1) is 19.8. The average molecular weight is 383 g/mol. The highest BCUT2D eigenvalue weighted by Gasteiger charge is 2.19. The smallest absolute Gasteiger partial charge is 0.271 e. The molecule has 0 unspecified atom stereocenters. The van der Waals surface area contributed by atoms with Crippen LogP contribution in [0.1, 0.15) is 29.8 Å². The van der Waals surface area contributed by atoms with E-state index in [0.717, 1.165) is 32.7 Å². The number of hydrogen-bond acceptors (Lipinski definition) is 5. The highest BCUT2D eigenvalue weighted by molar-refractivity contribution is 6.01. The third kappa shape index (κ3) is 4.67. The molecule has 7 heteroatoms. The number of rotatable bonds is 5. The van der Waals surface area contributed by atoms with Crippen LogP contribution in [0.5, 0.6) is 0 Å². The van der Waals surface area contributed by atoms with Gasteiger partial charge in [-0.05, 0) is 49.9 Å². The van der Waals surface area contributed by atoms with Gasteiger partial charge in [0.05, 0.1) is 11.4 Å². The Labute approximate surface area is 164 Å². The fourth-order valence-electron chi connectivity index (χ4n) is 3.19. The summed E-state index contributed by atoms with van der Waals surface area (Å²) in [6.07, 6.45) is 0. The van der Waals surface area contributed by atoms with Crippen molar-refractivity contribution in [2.24, 2.45) is 5.10 Å². The van der Waals surface area contributed by atoms with E-state index in [-0.39, 0.29) is 11.7 Å². The summed E-state index contributed by atoms with van der Waals surface area (Å²) in [7, 11) is 0. The molecule has 0 bridgehead atoms. The number of nitrogens with two attached hydrogens (primary N) is 1. The maximum absolute atomic E-state index is 14.7. The molecule has 1 aliphatic rings. The number of anilines is 2. The number of likely N-dealkylation sites (N-methyl/N-ethyl adjacent to an activating group) is 1. The number of amides is 1. The van der Waals surface area contributed by atoms with Gasteiger partial charge in [-0.1, -0.05) is 13.0 Å². The molecule has 0 aliphatic carbocycles. The lowest BCUT2D eigenvalue weighted by Gasteiger charge is -2.35.